The number of rotatable bonds is 2. The van der Waals surface area contributed by atoms with Gasteiger partial charge < -0.3 is 5.11 Å². The van der Waals surface area contributed by atoms with Crippen molar-refractivity contribution in [3.8, 4) is 0 Å². The summed E-state index contributed by atoms with van der Waals surface area (Å²) in [5, 5.41) is 9.69. The summed E-state index contributed by atoms with van der Waals surface area (Å²) in [6.45, 7) is 4.68. The van der Waals surface area contributed by atoms with Gasteiger partial charge in [-0.2, -0.15) is 0 Å². The van der Waals surface area contributed by atoms with Crippen LogP contribution < -0.4 is 0 Å². The molecule has 11 heavy (non-hydrogen) atoms. The van der Waals surface area contributed by atoms with Gasteiger partial charge in [0.15, 0.2) is 0 Å². The smallest absolute Gasteiger partial charge is 0.0568 e. The van der Waals surface area contributed by atoms with Gasteiger partial charge in [-0.25, -0.2) is 0 Å². The highest BCUT2D eigenvalue weighted by atomic mass is 28.2. The lowest BCUT2D eigenvalue weighted by Gasteiger charge is -2.31. The molecule has 1 saturated carbocycles. The van der Waals surface area contributed by atoms with Gasteiger partial charge in [-0.1, -0.05) is 26.3 Å². The quantitative estimate of drug-likeness (QED) is 0.627. The molecule has 0 aromatic rings. The molecular weight excluding hydrogens is 152 g/mol. The molecule has 0 aromatic carbocycles. The molecule has 1 fully saturated rings. The standard InChI is InChI=1S/C9H20OSi/c1-7(11-2)8-5-3-4-6-9(8)10/h7-10H,3-6,11H2,1-2H3. The molecule has 1 nitrogen and oxygen atoms in total. The molecule has 0 bridgehead atoms. The fraction of sp³-hybridized carbons (Fsp3) is 1.00. The fourth-order valence-electron chi connectivity index (χ4n) is 2.11. The Morgan fingerprint density at radius 2 is 2.00 bits per heavy atom. The van der Waals surface area contributed by atoms with Crippen molar-refractivity contribution >= 4 is 9.52 Å². The third kappa shape index (κ3) is 2.31. The van der Waals surface area contributed by atoms with Gasteiger partial charge in [0.05, 0.1) is 6.10 Å². The van der Waals surface area contributed by atoms with E-state index in [1.807, 2.05) is 0 Å². The molecule has 0 aliphatic heterocycles. The zero-order chi connectivity index (χ0) is 8.27. The predicted molar refractivity (Wildman–Crippen MR) is 51.8 cm³/mol. The van der Waals surface area contributed by atoms with Crippen molar-refractivity contribution in [3.63, 3.8) is 0 Å². The van der Waals surface area contributed by atoms with E-state index < -0.39 is 0 Å². The first-order valence-corrected chi connectivity index (χ1v) is 7.16. The Morgan fingerprint density at radius 3 is 2.55 bits per heavy atom. The van der Waals surface area contributed by atoms with Gasteiger partial charge >= 0.3 is 0 Å². The maximum Gasteiger partial charge on any atom is 0.0568 e. The van der Waals surface area contributed by atoms with E-state index >= 15 is 0 Å². The van der Waals surface area contributed by atoms with Gasteiger partial charge in [-0.3, -0.25) is 0 Å². The summed E-state index contributed by atoms with van der Waals surface area (Å²) in [7, 11) is 0.102. The van der Waals surface area contributed by atoms with Crippen LogP contribution >= 0.6 is 0 Å². The normalized spacial score (nSPS) is 36.3. The van der Waals surface area contributed by atoms with Crippen LogP contribution in [-0.4, -0.2) is 20.7 Å². The highest BCUT2D eigenvalue weighted by Gasteiger charge is 2.26. The third-order valence-electron chi connectivity index (χ3n) is 3.16. The molecular formula is C9H20OSi. The summed E-state index contributed by atoms with van der Waals surface area (Å²) in [5.74, 6) is 0.653. The van der Waals surface area contributed by atoms with E-state index in [0.29, 0.717) is 5.92 Å². The lowest BCUT2D eigenvalue weighted by Crippen LogP contribution is -2.28. The maximum absolute atomic E-state index is 9.69. The Kier molecular flexibility index (Phi) is 3.59. The highest BCUT2D eigenvalue weighted by molar-refractivity contribution is 6.35. The predicted octanol–water partition coefficient (Wildman–Crippen LogP) is 1.56. The summed E-state index contributed by atoms with van der Waals surface area (Å²) in [6.07, 6.45) is 4.97. The average molecular weight is 172 g/mol. The van der Waals surface area contributed by atoms with Crippen molar-refractivity contribution in [2.75, 3.05) is 0 Å². The molecule has 0 spiro atoms. The van der Waals surface area contributed by atoms with Crippen molar-refractivity contribution in [2.24, 2.45) is 5.92 Å². The van der Waals surface area contributed by atoms with Crippen LogP contribution in [0.15, 0.2) is 0 Å². The highest BCUT2D eigenvalue weighted by Crippen LogP contribution is 2.32. The van der Waals surface area contributed by atoms with Gasteiger partial charge in [-0.15, -0.1) is 0 Å². The van der Waals surface area contributed by atoms with Crippen LogP contribution in [-0.2, 0) is 0 Å². The molecule has 66 valence electrons. The van der Waals surface area contributed by atoms with Gasteiger partial charge in [0, 0.05) is 9.52 Å². The van der Waals surface area contributed by atoms with Crippen molar-refractivity contribution in [1.82, 2.24) is 0 Å². The van der Waals surface area contributed by atoms with Crippen LogP contribution in [0.5, 0.6) is 0 Å². The van der Waals surface area contributed by atoms with Gasteiger partial charge in [0.1, 0.15) is 0 Å². The summed E-state index contributed by atoms with van der Waals surface area (Å²) in [6, 6.07) is 0. The van der Waals surface area contributed by atoms with Crippen molar-refractivity contribution < 1.29 is 5.11 Å². The first kappa shape index (κ1) is 9.27. The zero-order valence-electron chi connectivity index (χ0n) is 7.71. The van der Waals surface area contributed by atoms with Crippen molar-refractivity contribution in [3.05, 3.63) is 0 Å². The molecule has 3 atom stereocenters. The first-order chi connectivity index (χ1) is 5.25. The minimum Gasteiger partial charge on any atom is -0.393 e. The SMILES string of the molecule is C[SiH2]C(C)C1CCCCC1O. The van der Waals surface area contributed by atoms with E-state index in [-0.39, 0.29) is 15.6 Å². The minimum absolute atomic E-state index is 0.0335. The molecule has 0 heterocycles. The summed E-state index contributed by atoms with van der Waals surface area (Å²) < 4.78 is 0. The van der Waals surface area contributed by atoms with Crippen LogP contribution in [0.2, 0.25) is 12.1 Å². The van der Waals surface area contributed by atoms with Gasteiger partial charge in [0.25, 0.3) is 0 Å². The third-order valence-corrected chi connectivity index (χ3v) is 5.05. The topological polar surface area (TPSA) is 20.2 Å². The van der Waals surface area contributed by atoms with Crippen LogP contribution in [0.25, 0.3) is 0 Å². The number of hydrogen-bond acceptors (Lipinski definition) is 1. The Hall–Kier alpha value is 0.177. The molecule has 1 aliphatic carbocycles. The average Bonchev–Trinajstić information content (AvgIpc) is 2.04. The monoisotopic (exact) mass is 172 g/mol. The van der Waals surface area contributed by atoms with E-state index in [4.69, 9.17) is 0 Å². The van der Waals surface area contributed by atoms with E-state index in [9.17, 15) is 5.11 Å². The molecule has 1 aliphatic rings. The van der Waals surface area contributed by atoms with E-state index in [1.165, 1.54) is 19.3 Å². The van der Waals surface area contributed by atoms with Crippen LogP contribution in [0.3, 0.4) is 0 Å². The fourth-order valence-corrected chi connectivity index (χ4v) is 3.26. The molecule has 1 rings (SSSR count). The molecule has 0 amide bonds. The molecule has 3 unspecified atom stereocenters. The molecule has 1 N–H and O–H groups in total. The zero-order valence-corrected chi connectivity index (χ0v) is 9.13. The van der Waals surface area contributed by atoms with E-state index in [1.54, 1.807) is 0 Å². The molecule has 0 aromatic heterocycles. The Morgan fingerprint density at radius 1 is 1.36 bits per heavy atom. The van der Waals surface area contributed by atoms with E-state index in [0.717, 1.165) is 12.0 Å². The van der Waals surface area contributed by atoms with Crippen molar-refractivity contribution in [2.45, 2.75) is 50.8 Å². The van der Waals surface area contributed by atoms with Crippen LogP contribution in [0, 0.1) is 5.92 Å². The largest absolute Gasteiger partial charge is 0.393 e. The summed E-state index contributed by atoms with van der Waals surface area (Å²) in [5.41, 5.74) is 0.852. The number of aliphatic hydroxyl groups excluding tert-OH is 1. The Bertz CT molecular complexity index is 112. The van der Waals surface area contributed by atoms with Crippen molar-refractivity contribution in [1.29, 1.82) is 0 Å². The maximum atomic E-state index is 9.69. The second-order valence-corrected chi connectivity index (χ2v) is 6.01. The van der Waals surface area contributed by atoms with E-state index in [2.05, 4.69) is 13.5 Å². The minimum atomic E-state index is 0.0335. The summed E-state index contributed by atoms with van der Waals surface area (Å²) >= 11 is 0. The Balaban J connectivity index is 2.40. The number of aliphatic hydroxyl groups is 1. The molecule has 0 saturated heterocycles. The Labute approximate surface area is 72.0 Å². The van der Waals surface area contributed by atoms with Gasteiger partial charge in [-0.05, 0) is 24.3 Å². The van der Waals surface area contributed by atoms with Crippen LogP contribution in [0.1, 0.15) is 32.6 Å². The molecule has 0 radical (unpaired) electrons. The first-order valence-electron chi connectivity index (χ1n) is 4.93. The van der Waals surface area contributed by atoms with Crippen LogP contribution in [0.4, 0.5) is 0 Å². The lowest BCUT2D eigenvalue weighted by atomic mass is 9.84. The van der Waals surface area contributed by atoms with Gasteiger partial charge in [0.2, 0.25) is 0 Å². The lowest BCUT2D eigenvalue weighted by molar-refractivity contribution is 0.0680. The second-order valence-electron chi connectivity index (χ2n) is 3.90. The second kappa shape index (κ2) is 4.26. The molecule has 2 heteroatoms. The summed E-state index contributed by atoms with van der Waals surface area (Å²) in [4.78, 5) is 0. The number of hydrogen-bond donors (Lipinski definition) is 1.